The molecule has 33 heavy (non-hydrogen) atoms. The van der Waals surface area contributed by atoms with Crippen LogP contribution in [0.25, 0.3) is 11.3 Å². The third kappa shape index (κ3) is 6.36. The third-order valence-electron chi connectivity index (χ3n) is 6.69. The smallest absolute Gasteiger partial charge is 0.118 e. The fraction of sp³-hybridized carbons (Fsp3) is 0.444. The van der Waals surface area contributed by atoms with Crippen molar-refractivity contribution in [3.05, 3.63) is 65.9 Å². The lowest BCUT2D eigenvalue weighted by molar-refractivity contribution is 0.153. The van der Waals surface area contributed by atoms with E-state index >= 15 is 0 Å². The molecule has 6 heteroatoms. The summed E-state index contributed by atoms with van der Waals surface area (Å²) < 4.78 is 10.5. The summed E-state index contributed by atoms with van der Waals surface area (Å²) in [5.41, 5.74) is 4.85. The highest BCUT2D eigenvalue weighted by Gasteiger charge is 2.21. The molecule has 0 atom stereocenters. The molecule has 0 saturated carbocycles. The molecule has 176 valence electrons. The summed E-state index contributed by atoms with van der Waals surface area (Å²) in [6.45, 7) is 5.54. The standard InChI is InChI=1S/C27H36N4O2/c1-30(20-24-18-28-29-27(24)23-6-10-26(33-3)11-7-23)19-22-13-16-31(17-14-22)15-12-21-4-8-25(32-2)9-5-21/h4-11,18,22H,12-17,19-20H2,1-3H3,(H,28,29). The second kappa shape index (κ2) is 11.3. The number of nitrogens with one attached hydrogen (secondary N) is 1. The van der Waals surface area contributed by atoms with Gasteiger partial charge in [-0.25, -0.2) is 0 Å². The van der Waals surface area contributed by atoms with Gasteiger partial charge in [0.2, 0.25) is 0 Å². The molecule has 2 heterocycles. The molecule has 0 amide bonds. The van der Waals surface area contributed by atoms with Gasteiger partial charge >= 0.3 is 0 Å². The van der Waals surface area contributed by atoms with Crippen LogP contribution < -0.4 is 9.47 Å². The van der Waals surface area contributed by atoms with Crippen LogP contribution in [-0.4, -0.2) is 67.4 Å². The van der Waals surface area contributed by atoms with E-state index < -0.39 is 0 Å². The van der Waals surface area contributed by atoms with Crippen molar-refractivity contribution in [3.8, 4) is 22.8 Å². The lowest BCUT2D eigenvalue weighted by Gasteiger charge is -2.34. The Bertz CT molecular complexity index is 976. The molecule has 1 saturated heterocycles. The molecule has 0 spiro atoms. The molecule has 2 aromatic carbocycles. The van der Waals surface area contributed by atoms with Crippen LogP contribution in [0.2, 0.25) is 0 Å². The first kappa shape index (κ1) is 23.3. The Morgan fingerprint density at radius 2 is 1.61 bits per heavy atom. The molecule has 6 nitrogen and oxygen atoms in total. The summed E-state index contributed by atoms with van der Waals surface area (Å²) in [6.07, 6.45) is 5.59. The highest BCUT2D eigenvalue weighted by Crippen LogP contribution is 2.25. The van der Waals surface area contributed by atoms with Crippen molar-refractivity contribution in [3.63, 3.8) is 0 Å². The predicted octanol–water partition coefficient (Wildman–Crippen LogP) is 4.48. The average molecular weight is 449 g/mol. The second-order valence-corrected chi connectivity index (χ2v) is 9.08. The maximum Gasteiger partial charge on any atom is 0.118 e. The van der Waals surface area contributed by atoms with Crippen molar-refractivity contribution in [2.75, 3.05) is 47.4 Å². The molecule has 1 aliphatic rings. The largest absolute Gasteiger partial charge is 0.497 e. The first-order chi connectivity index (χ1) is 16.1. The number of aromatic amines is 1. The number of ether oxygens (including phenoxy) is 2. The minimum absolute atomic E-state index is 0.753. The molecule has 1 aliphatic heterocycles. The van der Waals surface area contributed by atoms with Crippen LogP contribution >= 0.6 is 0 Å². The number of hydrogen-bond donors (Lipinski definition) is 1. The molecule has 1 N–H and O–H groups in total. The van der Waals surface area contributed by atoms with E-state index in [1.165, 1.54) is 37.1 Å². The van der Waals surface area contributed by atoms with Gasteiger partial charge < -0.3 is 19.3 Å². The SMILES string of the molecule is COc1ccc(CCN2CCC(CN(C)Cc3cn[nH]c3-c3ccc(OC)cc3)CC2)cc1. The lowest BCUT2D eigenvalue weighted by Crippen LogP contribution is -2.38. The minimum atomic E-state index is 0.753. The van der Waals surface area contributed by atoms with Gasteiger partial charge in [0.05, 0.1) is 26.1 Å². The average Bonchev–Trinajstić information content (AvgIpc) is 3.32. The zero-order chi connectivity index (χ0) is 23.0. The van der Waals surface area contributed by atoms with E-state index in [0.29, 0.717) is 0 Å². The molecule has 1 aromatic heterocycles. The monoisotopic (exact) mass is 448 g/mol. The summed E-state index contributed by atoms with van der Waals surface area (Å²) >= 11 is 0. The van der Waals surface area contributed by atoms with E-state index in [9.17, 15) is 0 Å². The molecule has 0 unspecified atom stereocenters. The summed E-state index contributed by atoms with van der Waals surface area (Å²) in [4.78, 5) is 5.05. The van der Waals surface area contributed by atoms with Crippen LogP contribution in [0.5, 0.6) is 11.5 Å². The first-order valence-electron chi connectivity index (χ1n) is 11.8. The van der Waals surface area contributed by atoms with Crippen LogP contribution in [-0.2, 0) is 13.0 Å². The Balaban J connectivity index is 1.22. The maximum absolute atomic E-state index is 5.28. The Morgan fingerprint density at radius 1 is 0.970 bits per heavy atom. The normalized spacial score (nSPS) is 15.2. The molecular formula is C27H36N4O2. The molecule has 1 fully saturated rings. The maximum atomic E-state index is 5.28. The van der Waals surface area contributed by atoms with Crippen LogP contribution in [0.3, 0.4) is 0 Å². The van der Waals surface area contributed by atoms with E-state index in [-0.39, 0.29) is 0 Å². The second-order valence-electron chi connectivity index (χ2n) is 9.08. The Labute approximate surface area is 197 Å². The minimum Gasteiger partial charge on any atom is -0.497 e. The van der Waals surface area contributed by atoms with Crippen molar-refractivity contribution >= 4 is 0 Å². The molecular weight excluding hydrogens is 412 g/mol. The number of rotatable bonds is 10. The summed E-state index contributed by atoms with van der Waals surface area (Å²) in [7, 11) is 5.63. The van der Waals surface area contributed by atoms with Crippen LogP contribution in [0.4, 0.5) is 0 Å². The fourth-order valence-corrected chi connectivity index (χ4v) is 4.71. The van der Waals surface area contributed by atoms with Gasteiger partial charge in [-0.05, 0) is 87.3 Å². The van der Waals surface area contributed by atoms with E-state index in [1.54, 1.807) is 14.2 Å². The van der Waals surface area contributed by atoms with Crippen LogP contribution in [0.1, 0.15) is 24.0 Å². The van der Waals surface area contributed by atoms with E-state index in [1.807, 2.05) is 18.3 Å². The van der Waals surface area contributed by atoms with Crippen molar-refractivity contribution in [2.24, 2.45) is 5.92 Å². The number of H-pyrrole nitrogens is 1. The van der Waals surface area contributed by atoms with Crippen molar-refractivity contribution < 1.29 is 9.47 Å². The van der Waals surface area contributed by atoms with Gasteiger partial charge in [-0.15, -0.1) is 0 Å². The van der Waals surface area contributed by atoms with Gasteiger partial charge in [0.1, 0.15) is 11.5 Å². The topological polar surface area (TPSA) is 53.6 Å². The van der Waals surface area contributed by atoms with Crippen molar-refractivity contribution in [1.82, 2.24) is 20.0 Å². The number of hydrogen-bond acceptors (Lipinski definition) is 5. The Kier molecular flexibility index (Phi) is 8.02. The summed E-state index contributed by atoms with van der Waals surface area (Å²) in [5.74, 6) is 2.55. The van der Waals surface area contributed by atoms with E-state index in [2.05, 4.69) is 63.4 Å². The number of piperidine rings is 1. The number of aromatic nitrogens is 2. The summed E-state index contributed by atoms with van der Waals surface area (Å²) in [5, 5.41) is 7.49. The van der Waals surface area contributed by atoms with Crippen molar-refractivity contribution in [2.45, 2.75) is 25.8 Å². The van der Waals surface area contributed by atoms with Gasteiger partial charge in [-0.3, -0.25) is 5.10 Å². The Hall–Kier alpha value is -2.83. The van der Waals surface area contributed by atoms with Gasteiger partial charge in [0.15, 0.2) is 0 Å². The molecule has 0 bridgehead atoms. The van der Waals surface area contributed by atoms with E-state index in [0.717, 1.165) is 54.7 Å². The van der Waals surface area contributed by atoms with Crippen LogP contribution in [0, 0.1) is 5.92 Å². The first-order valence-corrected chi connectivity index (χ1v) is 11.8. The molecule has 0 aliphatic carbocycles. The highest BCUT2D eigenvalue weighted by molar-refractivity contribution is 5.63. The third-order valence-corrected chi connectivity index (χ3v) is 6.69. The number of benzene rings is 2. The fourth-order valence-electron chi connectivity index (χ4n) is 4.71. The lowest BCUT2D eigenvalue weighted by atomic mass is 9.95. The number of likely N-dealkylation sites (tertiary alicyclic amines) is 1. The zero-order valence-corrected chi connectivity index (χ0v) is 20.1. The predicted molar refractivity (Wildman–Crippen MR) is 133 cm³/mol. The number of nitrogens with zero attached hydrogens (tertiary/aromatic N) is 3. The highest BCUT2D eigenvalue weighted by atomic mass is 16.5. The molecule has 4 rings (SSSR count). The zero-order valence-electron chi connectivity index (χ0n) is 20.1. The van der Waals surface area contributed by atoms with Gasteiger partial charge in [0.25, 0.3) is 0 Å². The van der Waals surface area contributed by atoms with Crippen LogP contribution in [0.15, 0.2) is 54.7 Å². The van der Waals surface area contributed by atoms with Crippen molar-refractivity contribution in [1.29, 1.82) is 0 Å². The van der Waals surface area contributed by atoms with E-state index in [4.69, 9.17) is 9.47 Å². The van der Waals surface area contributed by atoms with Gasteiger partial charge in [0, 0.05) is 30.8 Å². The number of methoxy groups -OCH3 is 2. The van der Waals surface area contributed by atoms with Gasteiger partial charge in [-0.1, -0.05) is 12.1 Å². The summed E-state index contributed by atoms with van der Waals surface area (Å²) in [6, 6.07) is 16.6. The molecule has 0 radical (unpaired) electrons. The molecule has 3 aromatic rings. The quantitative estimate of drug-likeness (QED) is 0.496. The Morgan fingerprint density at radius 3 is 2.24 bits per heavy atom. The van der Waals surface area contributed by atoms with Gasteiger partial charge in [-0.2, -0.15) is 5.10 Å².